The molecule has 3 rings (SSSR count). The topological polar surface area (TPSA) is 54.5 Å². The highest BCUT2D eigenvalue weighted by molar-refractivity contribution is 5.95. The Labute approximate surface area is 106 Å². The van der Waals surface area contributed by atoms with Gasteiger partial charge in [0.05, 0.1) is 24.0 Å². The number of pyridine rings is 1. The molecule has 0 unspecified atom stereocenters. The molecule has 2 aliphatic rings. The van der Waals surface area contributed by atoms with Gasteiger partial charge < -0.3 is 15.0 Å². The smallest absolute Gasteiger partial charge is 0.253 e. The fourth-order valence-corrected chi connectivity index (χ4v) is 2.65. The van der Waals surface area contributed by atoms with Crippen LogP contribution in [0.1, 0.15) is 12.8 Å². The van der Waals surface area contributed by atoms with Crippen molar-refractivity contribution >= 4 is 11.6 Å². The first kappa shape index (κ1) is 11.6. The summed E-state index contributed by atoms with van der Waals surface area (Å²) in [7, 11) is 0. The number of aromatic nitrogens is 1. The van der Waals surface area contributed by atoms with Crippen molar-refractivity contribution in [1.29, 1.82) is 0 Å². The van der Waals surface area contributed by atoms with Crippen LogP contribution in [-0.4, -0.2) is 42.7 Å². The molecule has 1 N–H and O–H groups in total. The molecule has 0 saturated carbocycles. The van der Waals surface area contributed by atoms with E-state index in [1.54, 1.807) is 12.4 Å². The van der Waals surface area contributed by atoms with Crippen LogP contribution in [0.4, 0.5) is 5.69 Å². The lowest BCUT2D eigenvalue weighted by Gasteiger charge is -2.44. The number of ether oxygens (including phenoxy) is 1. The van der Waals surface area contributed by atoms with Gasteiger partial charge in [-0.2, -0.15) is 0 Å². The third-order valence-electron chi connectivity index (χ3n) is 3.72. The number of rotatable bonds is 1. The van der Waals surface area contributed by atoms with Crippen LogP contribution < -0.4 is 10.2 Å². The van der Waals surface area contributed by atoms with E-state index < -0.39 is 0 Å². The molecule has 3 heterocycles. The fraction of sp³-hybridized carbons (Fsp3) is 0.538. The van der Waals surface area contributed by atoms with Crippen molar-refractivity contribution in [2.75, 3.05) is 31.1 Å². The maximum absolute atomic E-state index is 12.0. The minimum absolute atomic E-state index is 0.0205. The van der Waals surface area contributed by atoms with E-state index in [4.69, 9.17) is 4.74 Å². The van der Waals surface area contributed by atoms with Crippen molar-refractivity contribution in [3.05, 3.63) is 24.5 Å². The van der Waals surface area contributed by atoms with Crippen LogP contribution in [-0.2, 0) is 9.53 Å². The SMILES string of the molecule is O=C1COC2(CCNCC2)CN1c1cccnc1. The molecule has 5 heteroatoms. The van der Waals surface area contributed by atoms with E-state index >= 15 is 0 Å². The van der Waals surface area contributed by atoms with Crippen molar-refractivity contribution < 1.29 is 9.53 Å². The summed E-state index contributed by atoms with van der Waals surface area (Å²) in [6.07, 6.45) is 5.36. The Morgan fingerprint density at radius 3 is 2.94 bits per heavy atom. The first-order chi connectivity index (χ1) is 8.79. The fourth-order valence-electron chi connectivity index (χ4n) is 2.65. The lowest BCUT2D eigenvalue weighted by molar-refractivity contribution is -0.141. The maximum atomic E-state index is 12.0. The number of nitrogens with zero attached hydrogens (tertiary/aromatic N) is 2. The number of morpholine rings is 1. The summed E-state index contributed by atoms with van der Waals surface area (Å²) in [6.45, 7) is 2.72. The van der Waals surface area contributed by atoms with Crippen LogP contribution in [0, 0.1) is 0 Å². The molecule has 0 aromatic carbocycles. The molecule has 0 aliphatic carbocycles. The van der Waals surface area contributed by atoms with Gasteiger partial charge in [0.15, 0.2) is 0 Å². The molecular formula is C13H17N3O2. The number of piperidine rings is 1. The second kappa shape index (κ2) is 4.66. The van der Waals surface area contributed by atoms with Gasteiger partial charge in [0, 0.05) is 6.20 Å². The van der Waals surface area contributed by atoms with Crippen molar-refractivity contribution in [3.63, 3.8) is 0 Å². The average molecular weight is 247 g/mol. The first-order valence-electron chi connectivity index (χ1n) is 6.34. The molecule has 2 saturated heterocycles. The van der Waals surface area contributed by atoms with Gasteiger partial charge in [0.1, 0.15) is 6.61 Å². The number of anilines is 1. The molecule has 18 heavy (non-hydrogen) atoms. The third kappa shape index (κ3) is 2.11. The van der Waals surface area contributed by atoms with Gasteiger partial charge in [0.25, 0.3) is 5.91 Å². The first-order valence-corrected chi connectivity index (χ1v) is 6.34. The Bertz CT molecular complexity index is 429. The van der Waals surface area contributed by atoms with Gasteiger partial charge in [-0.25, -0.2) is 0 Å². The lowest BCUT2D eigenvalue weighted by atomic mass is 9.90. The Balaban J connectivity index is 1.83. The van der Waals surface area contributed by atoms with Crippen LogP contribution in [0.15, 0.2) is 24.5 Å². The van der Waals surface area contributed by atoms with Gasteiger partial charge >= 0.3 is 0 Å². The third-order valence-corrected chi connectivity index (χ3v) is 3.72. The van der Waals surface area contributed by atoms with Crippen molar-refractivity contribution in [3.8, 4) is 0 Å². The van der Waals surface area contributed by atoms with Crippen molar-refractivity contribution in [2.45, 2.75) is 18.4 Å². The molecule has 1 aromatic heterocycles. The largest absolute Gasteiger partial charge is 0.363 e. The number of carbonyl (C=O) groups is 1. The Morgan fingerprint density at radius 2 is 2.22 bits per heavy atom. The monoisotopic (exact) mass is 247 g/mol. The van der Waals surface area contributed by atoms with Crippen LogP contribution >= 0.6 is 0 Å². The number of amides is 1. The number of hydrogen-bond donors (Lipinski definition) is 1. The molecule has 1 amide bonds. The minimum atomic E-state index is -0.172. The normalized spacial score (nSPS) is 23.3. The summed E-state index contributed by atoms with van der Waals surface area (Å²) in [5.41, 5.74) is 0.693. The second-order valence-electron chi connectivity index (χ2n) is 4.91. The molecule has 0 bridgehead atoms. The molecule has 2 fully saturated rings. The van der Waals surface area contributed by atoms with Gasteiger partial charge in [-0.3, -0.25) is 9.78 Å². The van der Waals surface area contributed by atoms with Gasteiger partial charge in [-0.15, -0.1) is 0 Å². The summed E-state index contributed by atoms with van der Waals surface area (Å²) < 4.78 is 5.82. The highest BCUT2D eigenvalue weighted by Gasteiger charge is 2.41. The molecule has 0 atom stereocenters. The standard InChI is InChI=1S/C13H17N3O2/c17-12-9-18-13(3-6-14-7-4-13)10-16(12)11-2-1-5-15-8-11/h1-2,5,8,14H,3-4,6-7,9-10H2. The summed E-state index contributed by atoms with van der Waals surface area (Å²) >= 11 is 0. The molecule has 2 aliphatic heterocycles. The van der Waals surface area contributed by atoms with Crippen LogP contribution in [0.2, 0.25) is 0 Å². The Kier molecular flexibility index (Phi) is 3.01. The van der Waals surface area contributed by atoms with Crippen LogP contribution in [0.5, 0.6) is 0 Å². The van der Waals surface area contributed by atoms with E-state index in [0.717, 1.165) is 31.6 Å². The highest BCUT2D eigenvalue weighted by atomic mass is 16.5. The van der Waals surface area contributed by atoms with E-state index in [9.17, 15) is 4.79 Å². The van der Waals surface area contributed by atoms with E-state index in [1.165, 1.54) is 0 Å². The van der Waals surface area contributed by atoms with E-state index in [0.29, 0.717) is 6.54 Å². The van der Waals surface area contributed by atoms with Gasteiger partial charge in [-0.1, -0.05) is 0 Å². The van der Waals surface area contributed by atoms with Gasteiger partial charge in [0.2, 0.25) is 0 Å². The average Bonchev–Trinajstić information content (AvgIpc) is 2.44. The zero-order valence-corrected chi connectivity index (χ0v) is 10.3. The Hall–Kier alpha value is -1.46. The zero-order chi connectivity index (χ0) is 12.4. The highest BCUT2D eigenvalue weighted by Crippen LogP contribution is 2.30. The quantitative estimate of drug-likeness (QED) is 0.788. The predicted molar refractivity (Wildman–Crippen MR) is 67.4 cm³/mol. The second-order valence-corrected chi connectivity index (χ2v) is 4.91. The Morgan fingerprint density at radius 1 is 1.39 bits per heavy atom. The summed E-state index contributed by atoms with van der Waals surface area (Å²) in [5, 5.41) is 3.33. The number of nitrogens with one attached hydrogen (secondary N) is 1. The minimum Gasteiger partial charge on any atom is -0.363 e. The van der Waals surface area contributed by atoms with Gasteiger partial charge in [-0.05, 0) is 38.1 Å². The van der Waals surface area contributed by atoms with E-state index in [-0.39, 0.29) is 18.1 Å². The number of carbonyl (C=O) groups excluding carboxylic acids is 1. The van der Waals surface area contributed by atoms with Crippen molar-refractivity contribution in [1.82, 2.24) is 10.3 Å². The molecule has 0 radical (unpaired) electrons. The van der Waals surface area contributed by atoms with E-state index in [1.807, 2.05) is 17.0 Å². The zero-order valence-electron chi connectivity index (χ0n) is 10.3. The predicted octanol–water partition coefficient (Wildman–Crippen LogP) is 0.567. The summed E-state index contributed by atoms with van der Waals surface area (Å²) in [4.78, 5) is 17.9. The number of hydrogen-bond acceptors (Lipinski definition) is 4. The van der Waals surface area contributed by atoms with Crippen LogP contribution in [0.25, 0.3) is 0 Å². The summed E-state index contributed by atoms with van der Waals surface area (Å²) in [5.74, 6) is 0.0205. The van der Waals surface area contributed by atoms with E-state index in [2.05, 4.69) is 10.3 Å². The molecule has 1 aromatic rings. The summed E-state index contributed by atoms with van der Waals surface area (Å²) in [6, 6.07) is 3.78. The molecule has 1 spiro atoms. The molecule has 96 valence electrons. The lowest BCUT2D eigenvalue weighted by Crippen LogP contribution is -2.58. The van der Waals surface area contributed by atoms with Crippen LogP contribution in [0.3, 0.4) is 0 Å². The molecule has 5 nitrogen and oxygen atoms in total. The molecular weight excluding hydrogens is 230 g/mol. The maximum Gasteiger partial charge on any atom is 0.253 e. The van der Waals surface area contributed by atoms with Crippen molar-refractivity contribution in [2.24, 2.45) is 0 Å².